The third kappa shape index (κ3) is 6.03. The maximum atomic E-state index is 10.6. The molecule has 0 saturated heterocycles. The predicted octanol–water partition coefficient (Wildman–Crippen LogP) is 2.52. The predicted molar refractivity (Wildman–Crippen MR) is 67.3 cm³/mol. The van der Waals surface area contributed by atoms with Gasteiger partial charge in [0.05, 0.1) is 12.3 Å². The van der Waals surface area contributed by atoms with Crippen LogP contribution in [0, 0.1) is 5.41 Å². The first-order valence-corrected chi connectivity index (χ1v) is 5.67. The second kappa shape index (κ2) is 6.16. The summed E-state index contributed by atoms with van der Waals surface area (Å²) in [5.74, 6) is 0. The maximum Gasteiger partial charge on any atom is 0.121 e. The van der Waals surface area contributed by atoms with Gasteiger partial charge in [0.25, 0.3) is 0 Å². The van der Waals surface area contributed by atoms with Gasteiger partial charge in [0.15, 0.2) is 0 Å². The average molecular weight is 227 g/mol. The first kappa shape index (κ1) is 15.3. The van der Waals surface area contributed by atoms with E-state index in [9.17, 15) is 4.79 Å². The van der Waals surface area contributed by atoms with E-state index in [0.29, 0.717) is 13.2 Å². The van der Waals surface area contributed by atoms with Crippen molar-refractivity contribution >= 4 is 6.29 Å². The molecular formula is C13H25NO2. The molecule has 0 aromatic rings. The summed E-state index contributed by atoms with van der Waals surface area (Å²) in [5.41, 5.74) is -0.292. The van der Waals surface area contributed by atoms with Gasteiger partial charge in [0, 0.05) is 12.5 Å². The van der Waals surface area contributed by atoms with Crippen molar-refractivity contribution in [3.63, 3.8) is 0 Å². The van der Waals surface area contributed by atoms with Crippen molar-refractivity contribution in [3.8, 4) is 0 Å². The number of carbonyl (C=O) groups excluding carboxylic acids is 1. The Kier molecular flexibility index (Phi) is 5.90. The lowest BCUT2D eigenvalue weighted by atomic mass is 9.83. The van der Waals surface area contributed by atoms with Gasteiger partial charge in [0.1, 0.15) is 6.29 Å². The second-order valence-electron chi connectivity index (χ2n) is 5.59. The molecule has 0 saturated carbocycles. The maximum absolute atomic E-state index is 10.6. The minimum Gasteiger partial charge on any atom is -0.361 e. The van der Waals surface area contributed by atoms with Crippen LogP contribution in [-0.2, 0) is 9.53 Å². The molecule has 0 fully saturated rings. The van der Waals surface area contributed by atoms with Gasteiger partial charge >= 0.3 is 0 Å². The number of ether oxygens (including phenoxy) is 1. The van der Waals surface area contributed by atoms with Gasteiger partial charge in [-0.3, -0.25) is 5.32 Å². The van der Waals surface area contributed by atoms with E-state index in [1.807, 2.05) is 26.8 Å². The number of aldehydes is 1. The highest BCUT2D eigenvalue weighted by atomic mass is 16.5. The lowest BCUT2D eigenvalue weighted by Gasteiger charge is -2.32. The van der Waals surface area contributed by atoms with E-state index in [4.69, 9.17) is 4.74 Å². The van der Waals surface area contributed by atoms with Gasteiger partial charge in [-0.2, -0.15) is 0 Å². The molecule has 0 aromatic heterocycles. The fourth-order valence-electron chi connectivity index (χ4n) is 1.25. The number of nitrogens with one attached hydrogen (secondary N) is 1. The summed E-state index contributed by atoms with van der Waals surface area (Å²) in [4.78, 5) is 10.6. The zero-order valence-electron chi connectivity index (χ0n) is 11.2. The molecule has 1 unspecified atom stereocenters. The molecule has 0 aliphatic rings. The summed E-state index contributed by atoms with van der Waals surface area (Å²) < 4.78 is 5.58. The van der Waals surface area contributed by atoms with E-state index in [1.165, 1.54) is 0 Å². The van der Waals surface area contributed by atoms with Gasteiger partial charge in [-0.1, -0.05) is 19.9 Å². The van der Waals surface area contributed by atoms with Crippen LogP contribution in [0.15, 0.2) is 12.7 Å². The van der Waals surface area contributed by atoms with Gasteiger partial charge in [-0.25, -0.2) is 0 Å². The van der Waals surface area contributed by atoms with E-state index < -0.39 is 0 Å². The zero-order valence-corrected chi connectivity index (χ0v) is 11.2. The molecule has 94 valence electrons. The van der Waals surface area contributed by atoms with Crippen LogP contribution in [0.4, 0.5) is 0 Å². The van der Waals surface area contributed by atoms with E-state index in [-0.39, 0.29) is 17.1 Å². The summed E-state index contributed by atoms with van der Waals surface area (Å²) in [6.45, 7) is 14.4. The number of hydrogen-bond acceptors (Lipinski definition) is 3. The molecule has 0 amide bonds. The highest BCUT2D eigenvalue weighted by Crippen LogP contribution is 2.23. The lowest BCUT2D eigenvalue weighted by Crippen LogP contribution is -2.43. The molecule has 0 rings (SSSR count). The van der Waals surface area contributed by atoms with Crippen molar-refractivity contribution in [2.24, 2.45) is 5.41 Å². The summed E-state index contributed by atoms with van der Waals surface area (Å²) in [6.07, 6.45) is 3.26. The number of hydrogen-bond donors (Lipinski definition) is 1. The smallest absolute Gasteiger partial charge is 0.121 e. The minimum absolute atomic E-state index is 0.0600. The molecule has 0 bridgehead atoms. The fourth-order valence-corrected chi connectivity index (χ4v) is 1.25. The Bertz CT molecular complexity index is 229. The van der Waals surface area contributed by atoms with Crippen molar-refractivity contribution in [2.75, 3.05) is 6.73 Å². The molecule has 0 aromatic carbocycles. The molecular weight excluding hydrogens is 202 g/mol. The van der Waals surface area contributed by atoms with Gasteiger partial charge in [-0.15, -0.1) is 6.58 Å². The van der Waals surface area contributed by atoms with Crippen LogP contribution < -0.4 is 5.32 Å². The van der Waals surface area contributed by atoms with E-state index >= 15 is 0 Å². The van der Waals surface area contributed by atoms with Gasteiger partial charge in [0.2, 0.25) is 0 Å². The monoisotopic (exact) mass is 227 g/mol. The van der Waals surface area contributed by atoms with Gasteiger partial charge < -0.3 is 9.53 Å². The van der Waals surface area contributed by atoms with Crippen LogP contribution in [0.3, 0.4) is 0 Å². The molecule has 1 atom stereocenters. The van der Waals surface area contributed by atoms with E-state index in [0.717, 1.165) is 6.29 Å². The summed E-state index contributed by atoms with van der Waals surface area (Å²) in [6, 6.07) is 0.0600. The Morgan fingerprint density at radius 3 is 2.25 bits per heavy atom. The zero-order chi connectivity index (χ0) is 12.8. The van der Waals surface area contributed by atoms with Crippen molar-refractivity contribution in [2.45, 2.75) is 52.7 Å². The number of carbonyl (C=O) groups is 1. The Morgan fingerprint density at radius 2 is 1.88 bits per heavy atom. The first-order chi connectivity index (χ1) is 7.23. The highest BCUT2D eigenvalue weighted by molar-refractivity contribution is 5.50. The lowest BCUT2D eigenvalue weighted by molar-refractivity contribution is -0.109. The average Bonchev–Trinajstić information content (AvgIpc) is 2.14. The van der Waals surface area contributed by atoms with Crippen LogP contribution in [-0.4, -0.2) is 24.7 Å². The van der Waals surface area contributed by atoms with Crippen molar-refractivity contribution < 1.29 is 9.53 Å². The van der Waals surface area contributed by atoms with E-state index in [2.05, 4.69) is 25.7 Å². The normalized spacial score (nSPS) is 14.6. The minimum atomic E-state index is -0.170. The molecule has 0 aliphatic heterocycles. The van der Waals surface area contributed by atoms with Crippen molar-refractivity contribution in [3.05, 3.63) is 12.7 Å². The van der Waals surface area contributed by atoms with Crippen molar-refractivity contribution in [1.29, 1.82) is 0 Å². The van der Waals surface area contributed by atoms with Crippen LogP contribution >= 0.6 is 0 Å². The molecule has 16 heavy (non-hydrogen) atoms. The number of rotatable bonds is 7. The van der Waals surface area contributed by atoms with Gasteiger partial charge in [-0.05, 0) is 26.2 Å². The van der Waals surface area contributed by atoms with Crippen LogP contribution in [0.2, 0.25) is 0 Å². The molecule has 0 radical (unpaired) electrons. The van der Waals surface area contributed by atoms with Crippen molar-refractivity contribution in [1.82, 2.24) is 5.32 Å². The van der Waals surface area contributed by atoms with Crippen LogP contribution in [0.5, 0.6) is 0 Å². The Morgan fingerprint density at radius 1 is 1.31 bits per heavy atom. The first-order valence-electron chi connectivity index (χ1n) is 5.67. The van der Waals surface area contributed by atoms with Crippen LogP contribution in [0.1, 0.15) is 41.0 Å². The summed E-state index contributed by atoms with van der Waals surface area (Å²) in [5, 5.41) is 3.24. The molecule has 0 aliphatic carbocycles. The second-order valence-corrected chi connectivity index (χ2v) is 5.59. The third-order valence-corrected chi connectivity index (χ3v) is 2.59. The largest absolute Gasteiger partial charge is 0.361 e. The Hall–Kier alpha value is -0.670. The molecule has 3 heteroatoms. The quantitative estimate of drug-likeness (QED) is 0.412. The topological polar surface area (TPSA) is 38.3 Å². The molecule has 0 heterocycles. The summed E-state index contributed by atoms with van der Waals surface area (Å²) in [7, 11) is 0. The molecule has 1 N–H and O–H groups in total. The van der Waals surface area contributed by atoms with E-state index in [1.54, 1.807) is 0 Å². The summed E-state index contributed by atoms with van der Waals surface area (Å²) >= 11 is 0. The fraction of sp³-hybridized carbons (Fsp3) is 0.769. The van der Waals surface area contributed by atoms with Crippen LogP contribution in [0.25, 0.3) is 0 Å². The standard InChI is InChI=1S/C13H25NO2/c1-7-13(5,6)11(8-9-15)14-10-16-12(2,3)4/h7,9,11,14H,1,8,10H2,2-6H3. The third-order valence-electron chi connectivity index (χ3n) is 2.59. The molecule has 3 nitrogen and oxygen atoms in total. The highest BCUT2D eigenvalue weighted by Gasteiger charge is 2.26. The SMILES string of the molecule is C=CC(C)(C)C(CC=O)NCOC(C)(C)C. The Labute approximate surface area is 99.3 Å². The molecule has 0 spiro atoms. The Balaban J connectivity index is 4.25.